The summed E-state index contributed by atoms with van der Waals surface area (Å²) in [5.41, 5.74) is 0.764. The van der Waals surface area contributed by atoms with Crippen molar-refractivity contribution in [2.45, 2.75) is 38.1 Å². The van der Waals surface area contributed by atoms with Crippen molar-refractivity contribution in [1.29, 1.82) is 0 Å². The van der Waals surface area contributed by atoms with Crippen molar-refractivity contribution in [2.24, 2.45) is 5.92 Å². The third-order valence-corrected chi connectivity index (χ3v) is 5.30. The number of hydrogen-bond donors (Lipinski definition) is 1. The van der Waals surface area contributed by atoms with Crippen LogP contribution in [0.5, 0.6) is 0 Å². The molecule has 1 aromatic heterocycles. The van der Waals surface area contributed by atoms with Crippen LogP contribution < -0.4 is 5.32 Å². The minimum absolute atomic E-state index is 0.0353. The van der Waals surface area contributed by atoms with E-state index in [1.165, 1.54) is 12.8 Å². The number of furan rings is 1. The predicted molar refractivity (Wildman–Crippen MR) is 99.6 cm³/mol. The van der Waals surface area contributed by atoms with E-state index in [4.69, 9.17) is 4.42 Å². The van der Waals surface area contributed by atoms with E-state index in [9.17, 15) is 4.79 Å². The molecule has 0 aliphatic heterocycles. The zero-order valence-electron chi connectivity index (χ0n) is 14.3. The van der Waals surface area contributed by atoms with Crippen molar-refractivity contribution in [3.05, 3.63) is 72.2 Å². The Bertz CT molecular complexity index is 848. The molecule has 3 aromatic rings. The van der Waals surface area contributed by atoms with Crippen molar-refractivity contribution < 1.29 is 9.21 Å². The van der Waals surface area contributed by atoms with Crippen molar-refractivity contribution in [3.63, 3.8) is 0 Å². The van der Waals surface area contributed by atoms with E-state index in [2.05, 4.69) is 5.32 Å². The second-order valence-electron chi connectivity index (χ2n) is 6.93. The summed E-state index contributed by atoms with van der Waals surface area (Å²) >= 11 is 0. The highest BCUT2D eigenvalue weighted by Crippen LogP contribution is 2.28. The van der Waals surface area contributed by atoms with E-state index < -0.39 is 0 Å². The molecule has 2 atom stereocenters. The highest BCUT2D eigenvalue weighted by atomic mass is 16.3. The molecule has 1 aliphatic carbocycles. The lowest BCUT2D eigenvalue weighted by molar-refractivity contribution is 0.0905. The van der Waals surface area contributed by atoms with E-state index in [1.54, 1.807) is 6.26 Å². The minimum Gasteiger partial charge on any atom is -0.469 e. The first-order valence-electron chi connectivity index (χ1n) is 9.12. The molecule has 1 amide bonds. The second-order valence-corrected chi connectivity index (χ2v) is 6.93. The summed E-state index contributed by atoms with van der Waals surface area (Å²) in [5.74, 6) is 1.49. The molecule has 25 heavy (non-hydrogen) atoms. The molecule has 1 N–H and O–H groups in total. The van der Waals surface area contributed by atoms with Gasteiger partial charge in [0.05, 0.1) is 6.26 Å². The van der Waals surface area contributed by atoms with Crippen molar-refractivity contribution >= 4 is 16.7 Å². The number of amides is 1. The van der Waals surface area contributed by atoms with Crippen LogP contribution in [0.2, 0.25) is 0 Å². The Morgan fingerprint density at radius 3 is 2.72 bits per heavy atom. The lowest BCUT2D eigenvalue weighted by atomic mass is 9.81. The fraction of sp³-hybridized carbons (Fsp3) is 0.318. The molecule has 0 saturated heterocycles. The lowest BCUT2D eigenvalue weighted by Crippen LogP contribution is -2.42. The average Bonchev–Trinajstić information content (AvgIpc) is 3.16. The first-order valence-corrected chi connectivity index (χ1v) is 9.12. The molecule has 0 spiro atoms. The Labute approximate surface area is 148 Å². The topological polar surface area (TPSA) is 42.2 Å². The highest BCUT2D eigenvalue weighted by Gasteiger charge is 2.28. The number of carbonyl (C=O) groups is 1. The van der Waals surface area contributed by atoms with Crippen molar-refractivity contribution in [1.82, 2.24) is 5.32 Å². The first kappa shape index (κ1) is 15.9. The molecule has 0 unspecified atom stereocenters. The summed E-state index contributed by atoms with van der Waals surface area (Å²) in [6, 6.07) is 18.2. The molecular formula is C22H23NO2. The number of fused-ring (bicyclic) bond motifs is 1. The van der Waals surface area contributed by atoms with Crippen LogP contribution in [0.4, 0.5) is 0 Å². The summed E-state index contributed by atoms with van der Waals surface area (Å²) in [4.78, 5) is 12.9. The monoisotopic (exact) mass is 333 g/mol. The molecule has 1 aliphatic rings. The van der Waals surface area contributed by atoms with E-state index in [1.807, 2.05) is 54.6 Å². The highest BCUT2D eigenvalue weighted by molar-refractivity contribution is 6.07. The quantitative estimate of drug-likeness (QED) is 0.733. The summed E-state index contributed by atoms with van der Waals surface area (Å²) in [5, 5.41) is 5.43. The molecule has 3 nitrogen and oxygen atoms in total. The Morgan fingerprint density at radius 2 is 1.84 bits per heavy atom. The summed E-state index contributed by atoms with van der Waals surface area (Å²) in [7, 11) is 0. The van der Waals surface area contributed by atoms with Gasteiger partial charge in [0.2, 0.25) is 0 Å². The fourth-order valence-electron chi connectivity index (χ4n) is 4.00. The Hall–Kier alpha value is -2.55. The van der Waals surface area contributed by atoms with Gasteiger partial charge < -0.3 is 9.73 Å². The predicted octanol–water partition coefficient (Wildman–Crippen LogP) is 4.96. The van der Waals surface area contributed by atoms with Gasteiger partial charge in [-0.25, -0.2) is 0 Å². The zero-order chi connectivity index (χ0) is 17.1. The van der Waals surface area contributed by atoms with Crippen molar-refractivity contribution in [3.8, 4) is 0 Å². The first-order chi connectivity index (χ1) is 12.3. The van der Waals surface area contributed by atoms with Gasteiger partial charge in [-0.1, -0.05) is 49.2 Å². The summed E-state index contributed by atoms with van der Waals surface area (Å²) in [6.45, 7) is 0. The Balaban J connectivity index is 1.53. The number of benzene rings is 2. The number of nitrogens with one attached hydrogen (secondary N) is 1. The second kappa shape index (κ2) is 7.14. The van der Waals surface area contributed by atoms with Gasteiger partial charge in [-0.3, -0.25) is 4.79 Å². The van der Waals surface area contributed by atoms with Crippen LogP contribution in [0, 0.1) is 5.92 Å². The van der Waals surface area contributed by atoms with Crippen LogP contribution in [0.15, 0.2) is 65.3 Å². The SMILES string of the molecule is O=C(N[C@@H]1CCCC[C@H]1Cc1ccco1)c1cccc2ccccc12. The molecule has 128 valence electrons. The molecule has 3 heteroatoms. The van der Waals surface area contributed by atoms with E-state index in [-0.39, 0.29) is 11.9 Å². The van der Waals surface area contributed by atoms with Gasteiger partial charge >= 0.3 is 0 Å². The lowest BCUT2D eigenvalue weighted by Gasteiger charge is -2.32. The zero-order valence-corrected chi connectivity index (χ0v) is 14.3. The van der Waals surface area contributed by atoms with E-state index in [0.29, 0.717) is 5.92 Å². The van der Waals surface area contributed by atoms with E-state index >= 15 is 0 Å². The molecule has 1 saturated carbocycles. The van der Waals surface area contributed by atoms with Crippen LogP contribution in [-0.4, -0.2) is 11.9 Å². The number of hydrogen-bond acceptors (Lipinski definition) is 2. The van der Waals surface area contributed by atoms with Crippen LogP contribution in [0.1, 0.15) is 41.8 Å². The van der Waals surface area contributed by atoms with Crippen LogP contribution >= 0.6 is 0 Å². The van der Waals surface area contributed by atoms with Gasteiger partial charge in [-0.2, -0.15) is 0 Å². The van der Waals surface area contributed by atoms with Gasteiger partial charge in [0, 0.05) is 18.0 Å². The van der Waals surface area contributed by atoms with Gasteiger partial charge in [0.1, 0.15) is 5.76 Å². The largest absolute Gasteiger partial charge is 0.469 e. The van der Waals surface area contributed by atoms with Gasteiger partial charge in [-0.05, 0) is 47.7 Å². The molecule has 4 rings (SSSR count). The molecule has 0 radical (unpaired) electrons. The maximum absolute atomic E-state index is 12.9. The molecule has 1 heterocycles. The third kappa shape index (κ3) is 3.46. The average molecular weight is 333 g/mol. The van der Waals surface area contributed by atoms with Crippen LogP contribution in [0.3, 0.4) is 0 Å². The molecule has 1 fully saturated rings. The third-order valence-electron chi connectivity index (χ3n) is 5.30. The minimum atomic E-state index is 0.0353. The van der Waals surface area contributed by atoms with Crippen LogP contribution in [0.25, 0.3) is 10.8 Å². The summed E-state index contributed by atoms with van der Waals surface area (Å²) < 4.78 is 5.52. The van der Waals surface area contributed by atoms with Crippen LogP contribution in [-0.2, 0) is 6.42 Å². The van der Waals surface area contributed by atoms with Gasteiger partial charge in [0.25, 0.3) is 5.91 Å². The van der Waals surface area contributed by atoms with Gasteiger partial charge in [0.15, 0.2) is 0 Å². The number of rotatable bonds is 4. The maximum atomic E-state index is 12.9. The Morgan fingerprint density at radius 1 is 1.00 bits per heavy atom. The smallest absolute Gasteiger partial charge is 0.252 e. The maximum Gasteiger partial charge on any atom is 0.252 e. The normalized spacial score (nSPS) is 20.5. The summed E-state index contributed by atoms with van der Waals surface area (Å²) in [6.07, 6.45) is 7.21. The number of carbonyl (C=O) groups excluding carboxylic acids is 1. The fourth-order valence-corrected chi connectivity index (χ4v) is 4.00. The molecule has 0 bridgehead atoms. The molecule has 2 aromatic carbocycles. The standard InChI is InChI=1S/C22H23NO2/c24-22(20-12-5-9-16-7-1-3-11-19(16)20)23-21-13-4-2-8-17(21)15-18-10-6-14-25-18/h1,3,5-7,9-12,14,17,21H,2,4,8,13,15H2,(H,23,24)/t17-,21+/m0/s1. The van der Waals surface area contributed by atoms with Crippen molar-refractivity contribution in [2.75, 3.05) is 0 Å². The molecular weight excluding hydrogens is 310 g/mol. The Kier molecular flexibility index (Phi) is 4.55. The van der Waals surface area contributed by atoms with E-state index in [0.717, 1.165) is 41.4 Å². The van der Waals surface area contributed by atoms with Gasteiger partial charge in [-0.15, -0.1) is 0 Å².